The molecular weight excluding hydrogens is 400 g/mol. The first-order valence-corrected chi connectivity index (χ1v) is 11.1. The summed E-state index contributed by atoms with van der Waals surface area (Å²) in [4.78, 5) is 12.8. The number of benzene rings is 2. The van der Waals surface area contributed by atoms with Crippen molar-refractivity contribution in [2.75, 3.05) is 17.1 Å². The normalized spacial score (nSPS) is 17.5. The molecule has 2 atom stereocenters. The second-order valence-corrected chi connectivity index (χ2v) is 9.45. The lowest BCUT2D eigenvalue weighted by atomic mass is 10.00. The van der Waals surface area contributed by atoms with Crippen molar-refractivity contribution in [1.29, 1.82) is 0 Å². The maximum Gasteiger partial charge on any atom is 0.263 e. The molecular formula is C20H23ClN2O4S. The molecule has 28 heavy (non-hydrogen) atoms. The van der Waals surface area contributed by atoms with Crippen LogP contribution < -0.4 is 14.4 Å². The summed E-state index contributed by atoms with van der Waals surface area (Å²) in [5, 5.41) is 3.32. The molecule has 2 aromatic carbocycles. The highest BCUT2D eigenvalue weighted by Crippen LogP contribution is 2.37. The molecule has 1 aliphatic rings. The quantitative estimate of drug-likeness (QED) is 0.819. The van der Waals surface area contributed by atoms with Gasteiger partial charge in [-0.1, -0.05) is 35.4 Å². The van der Waals surface area contributed by atoms with Gasteiger partial charge in [-0.25, -0.2) is 8.42 Å². The topological polar surface area (TPSA) is 75.7 Å². The summed E-state index contributed by atoms with van der Waals surface area (Å²) in [6, 6.07) is 10.5. The molecule has 2 unspecified atom stereocenters. The maximum atomic E-state index is 12.8. The Balaban J connectivity index is 1.83. The molecule has 0 bridgehead atoms. The molecule has 0 saturated heterocycles. The van der Waals surface area contributed by atoms with Gasteiger partial charge in [0.1, 0.15) is 5.75 Å². The van der Waals surface area contributed by atoms with Gasteiger partial charge in [0, 0.05) is 5.02 Å². The second kappa shape index (κ2) is 7.64. The molecule has 0 radical (unpaired) electrons. The van der Waals surface area contributed by atoms with E-state index >= 15 is 0 Å². The summed E-state index contributed by atoms with van der Waals surface area (Å²) in [5.41, 5.74) is 3.56. The van der Waals surface area contributed by atoms with E-state index in [1.54, 1.807) is 12.1 Å². The Bertz CT molecular complexity index is 1020. The Morgan fingerprint density at radius 3 is 2.61 bits per heavy atom. The van der Waals surface area contributed by atoms with E-state index < -0.39 is 16.1 Å². The largest absolute Gasteiger partial charge is 0.476 e. The predicted octanol–water partition coefficient (Wildman–Crippen LogP) is 3.36. The van der Waals surface area contributed by atoms with Gasteiger partial charge in [0.05, 0.1) is 24.5 Å². The molecule has 0 aliphatic carbocycles. The predicted molar refractivity (Wildman–Crippen MR) is 111 cm³/mol. The van der Waals surface area contributed by atoms with Gasteiger partial charge in [0.25, 0.3) is 5.91 Å². The molecule has 6 nitrogen and oxygen atoms in total. The van der Waals surface area contributed by atoms with Crippen LogP contribution in [-0.2, 0) is 14.8 Å². The van der Waals surface area contributed by atoms with Crippen molar-refractivity contribution in [3.8, 4) is 5.75 Å². The minimum absolute atomic E-state index is 0.113. The van der Waals surface area contributed by atoms with E-state index in [1.807, 2.05) is 32.9 Å². The summed E-state index contributed by atoms with van der Waals surface area (Å²) in [6.45, 7) is 5.78. The van der Waals surface area contributed by atoms with Gasteiger partial charge in [-0.3, -0.25) is 9.10 Å². The van der Waals surface area contributed by atoms with Crippen molar-refractivity contribution in [2.45, 2.75) is 32.9 Å². The van der Waals surface area contributed by atoms with Crippen molar-refractivity contribution in [3.05, 3.63) is 58.1 Å². The highest BCUT2D eigenvalue weighted by Gasteiger charge is 2.35. The molecule has 1 N–H and O–H groups in total. The number of hydrogen-bond acceptors (Lipinski definition) is 4. The first-order valence-electron chi connectivity index (χ1n) is 8.87. The fraction of sp³-hybridized carbons (Fsp3) is 0.350. The lowest BCUT2D eigenvalue weighted by Gasteiger charge is -2.34. The van der Waals surface area contributed by atoms with E-state index in [9.17, 15) is 13.2 Å². The number of aryl methyl sites for hydroxylation is 2. The monoisotopic (exact) mass is 422 g/mol. The number of ether oxygens (including phenoxy) is 1. The SMILES string of the molecule is Cc1ccc(C(C)NC(=O)C2CN(S(C)(=O)=O)c3cc(Cl)ccc3O2)c(C)c1. The van der Waals surface area contributed by atoms with Crippen LogP contribution in [0.3, 0.4) is 0 Å². The van der Waals surface area contributed by atoms with Gasteiger partial charge in [-0.05, 0) is 50.1 Å². The minimum atomic E-state index is -3.60. The van der Waals surface area contributed by atoms with Crippen LogP contribution in [0.2, 0.25) is 5.02 Å². The smallest absolute Gasteiger partial charge is 0.263 e. The van der Waals surface area contributed by atoms with Crippen molar-refractivity contribution in [2.24, 2.45) is 0 Å². The Kier molecular flexibility index (Phi) is 5.59. The maximum absolute atomic E-state index is 12.8. The Labute approximate surface area is 170 Å². The number of carbonyl (C=O) groups excluding carboxylic acids is 1. The Hall–Kier alpha value is -2.25. The number of sulfonamides is 1. The summed E-state index contributed by atoms with van der Waals surface area (Å²) < 4.78 is 31.4. The zero-order chi connectivity index (χ0) is 20.6. The Morgan fingerprint density at radius 2 is 1.96 bits per heavy atom. The molecule has 2 aromatic rings. The van der Waals surface area contributed by atoms with Crippen LogP contribution in [0.15, 0.2) is 36.4 Å². The third-order valence-electron chi connectivity index (χ3n) is 4.73. The minimum Gasteiger partial charge on any atom is -0.476 e. The first kappa shape index (κ1) is 20.5. The highest BCUT2D eigenvalue weighted by atomic mass is 35.5. The number of amides is 1. The van der Waals surface area contributed by atoms with E-state index in [2.05, 4.69) is 11.4 Å². The summed E-state index contributed by atoms with van der Waals surface area (Å²) >= 11 is 6.00. The van der Waals surface area contributed by atoms with Gasteiger partial charge in [0.15, 0.2) is 6.10 Å². The van der Waals surface area contributed by atoms with E-state index in [-0.39, 0.29) is 18.5 Å². The van der Waals surface area contributed by atoms with Crippen LogP contribution in [0, 0.1) is 13.8 Å². The molecule has 0 spiro atoms. The third-order valence-corrected chi connectivity index (χ3v) is 6.12. The first-order chi connectivity index (χ1) is 13.1. The number of anilines is 1. The number of nitrogens with one attached hydrogen (secondary N) is 1. The zero-order valence-electron chi connectivity index (χ0n) is 16.2. The third kappa shape index (κ3) is 4.25. The number of rotatable bonds is 4. The van der Waals surface area contributed by atoms with E-state index in [1.165, 1.54) is 6.07 Å². The fourth-order valence-electron chi connectivity index (χ4n) is 3.37. The second-order valence-electron chi connectivity index (χ2n) is 7.10. The van der Waals surface area contributed by atoms with Crippen LogP contribution in [-0.4, -0.2) is 33.2 Å². The highest BCUT2D eigenvalue weighted by molar-refractivity contribution is 7.92. The van der Waals surface area contributed by atoms with E-state index in [0.29, 0.717) is 16.5 Å². The molecule has 150 valence electrons. The van der Waals surface area contributed by atoms with Crippen molar-refractivity contribution in [3.63, 3.8) is 0 Å². The number of fused-ring (bicyclic) bond motifs is 1. The summed E-state index contributed by atoms with van der Waals surface area (Å²) in [6.07, 6.45) is 0.132. The van der Waals surface area contributed by atoms with Crippen LogP contribution in [0.4, 0.5) is 5.69 Å². The zero-order valence-corrected chi connectivity index (χ0v) is 17.8. The van der Waals surface area contributed by atoms with Crippen molar-refractivity contribution >= 4 is 33.2 Å². The molecule has 1 amide bonds. The van der Waals surface area contributed by atoms with Crippen LogP contribution in [0.25, 0.3) is 0 Å². The van der Waals surface area contributed by atoms with Gasteiger partial charge in [-0.15, -0.1) is 0 Å². The lowest BCUT2D eigenvalue weighted by molar-refractivity contribution is -0.128. The summed E-state index contributed by atoms with van der Waals surface area (Å²) in [7, 11) is -3.60. The van der Waals surface area contributed by atoms with Crippen LogP contribution in [0.1, 0.15) is 29.7 Å². The van der Waals surface area contributed by atoms with Crippen LogP contribution >= 0.6 is 11.6 Å². The summed E-state index contributed by atoms with van der Waals surface area (Å²) in [5.74, 6) is -0.0675. The molecule has 1 aliphatic heterocycles. The molecule has 3 rings (SSSR count). The van der Waals surface area contributed by atoms with E-state index in [0.717, 1.165) is 27.3 Å². The number of halogens is 1. The van der Waals surface area contributed by atoms with E-state index in [4.69, 9.17) is 16.3 Å². The van der Waals surface area contributed by atoms with Gasteiger partial charge in [-0.2, -0.15) is 0 Å². The van der Waals surface area contributed by atoms with Crippen molar-refractivity contribution in [1.82, 2.24) is 5.32 Å². The van der Waals surface area contributed by atoms with Crippen molar-refractivity contribution < 1.29 is 17.9 Å². The van der Waals surface area contributed by atoms with Gasteiger partial charge >= 0.3 is 0 Å². The number of carbonyl (C=O) groups is 1. The number of hydrogen-bond donors (Lipinski definition) is 1. The van der Waals surface area contributed by atoms with Gasteiger partial charge in [0.2, 0.25) is 10.0 Å². The Morgan fingerprint density at radius 1 is 1.25 bits per heavy atom. The average Bonchev–Trinajstić information content (AvgIpc) is 2.59. The average molecular weight is 423 g/mol. The van der Waals surface area contributed by atoms with Gasteiger partial charge < -0.3 is 10.1 Å². The number of nitrogens with zero attached hydrogens (tertiary/aromatic N) is 1. The standard InChI is InChI=1S/C20H23ClN2O4S/c1-12-5-7-16(13(2)9-12)14(3)22-20(24)19-11-23(28(4,25)26)17-10-15(21)6-8-18(17)27-19/h5-10,14,19H,11H2,1-4H3,(H,22,24). The molecule has 1 heterocycles. The van der Waals surface area contributed by atoms with Crippen LogP contribution in [0.5, 0.6) is 5.75 Å². The fourth-order valence-corrected chi connectivity index (χ4v) is 4.44. The lowest BCUT2D eigenvalue weighted by Crippen LogP contribution is -2.50. The molecule has 0 fully saturated rings. The molecule has 0 saturated carbocycles. The molecule has 0 aromatic heterocycles. The molecule has 8 heteroatoms.